The van der Waals surface area contributed by atoms with E-state index in [-0.39, 0.29) is 30.9 Å². The average Bonchev–Trinajstić information content (AvgIpc) is 2.98. The molecule has 15 heavy (non-hydrogen) atoms. The quantitative estimate of drug-likeness (QED) is 0.488. The van der Waals surface area contributed by atoms with Gasteiger partial charge in [-0.2, -0.15) is 0 Å². The highest BCUT2D eigenvalue weighted by atomic mass is 16.5. The SMILES string of the molecule is C=CCC(=O)N(CC(=O)OCC)C1CC1. The zero-order chi connectivity index (χ0) is 11.3. The highest BCUT2D eigenvalue weighted by Gasteiger charge is 2.33. The van der Waals surface area contributed by atoms with Crippen molar-refractivity contribution in [2.24, 2.45) is 0 Å². The van der Waals surface area contributed by atoms with Crippen molar-refractivity contribution in [3.05, 3.63) is 12.7 Å². The Labute approximate surface area is 89.9 Å². The Balaban J connectivity index is 2.46. The van der Waals surface area contributed by atoms with E-state index in [4.69, 9.17) is 4.74 Å². The second-order valence-electron chi connectivity index (χ2n) is 3.55. The fourth-order valence-corrected chi connectivity index (χ4v) is 1.39. The maximum Gasteiger partial charge on any atom is 0.325 e. The van der Waals surface area contributed by atoms with E-state index in [1.165, 1.54) is 0 Å². The van der Waals surface area contributed by atoms with Gasteiger partial charge >= 0.3 is 5.97 Å². The summed E-state index contributed by atoms with van der Waals surface area (Å²) in [6.45, 7) is 5.70. The Kier molecular flexibility index (Phi) is 4.34. The van der Waals surface area contributed by atoms with E-state index in [0.29, 0.717) is 6.61 Å². The first kappa shape index (κ1) is 11.8. The standard InChI is InChI=1S/C11H17NO3/c1-3-5-10(13)12(9-6-7-9)8-11(14)15-4-2/h3,9H,1,4-8H2,2H3. The maximum atomic E-state index is 11.6. The van der Waals surface area contributed by atoms with Gasteiger partial charge in [-0.3, -0.25) is 9.59 Å². The molecule has 1 fully saturated rings. The third kappa shape index (κ3) is 3.73. The molecule has 1 aliphatic rings. The van der Waals surface area contributed by atoms with Gasteiger partial charge in [-0.15, -0.1) is 6.58 Å². The minimum absolute atomic E-state index is 0.0412. The minimum atomic E-state index is -0.332. The molecule has 0 unspecified atom stereocenters. The molecule has 0 N–H and O–H groups in total. The summed E-state index contributed by atoms with van der Waals surface area (Å²) in [5.74, 6) is -0.373. The Hall–Kier alpha value is -1.32. The van der Waals surface area contributed by atoms with Gasteiger partial charge in [-0.25, -0.2) is 0 Å². The zero-order valence-corrected chi connectivity index (χ0v) is 9.07. The van der Waals surface area contributed by atoms with Gasteiger partial charge in [-0.1, -0.05) is 6.08 Å². The third-order valence-corrected chi connectivity index (χ3v) is 2.23. The molecule has 0 aromatic carbocycles. The summed E-state index contributed by atoms with van der Waals surface area (Å²) < 4.78 is 4.82. The van der Waals surface area contributed by atoms with Crippen molar-refractivity contribution in [3.63, 3.8) is 0 Å². The van der Waals surface area contributed by atoms with Crippen molar-refractivity contribution in [1.29, 1.82) is 0 Å². The van der Waals surface area contributed by atoms with Gasteiger partial charge in [0.15, 0.2) is 0 Å². The molecule has 1 aliphatic carbocycles. The zero-order valence-electron chi connectivity index (χ0n) is 9.07. The Morgan fingerprint density at radius 1 is 1.53 bits per heavy atom. The molecule has 0 aliphatic heterocycles. The van der Waals surface area contributed by atoms with Gasteiger partial charge in [-0.05, 0) is 19.8 Å². The molecule has 0 spiro atoms. The smallest absolute Gasteiger partial charge is 0.325 e. The van der Waals surface area contributed by atoms with E-state index in [1.807, 2.05) is 0 Å². The number of esters is 1. The average molecular weight is 211 g/mol. The summed E-state index contributed by atoms with van der Waals surface area (Å²) in [7, 11) is 0. The van der Waals surface area contributed by atoms with Gasteiger partial charge in [0.05, 0.1) is 6.61 Å². The third-order valence-electron chi connectivity index (χ3n) is 2.23. The van der Waals surface area contributed by atoms with Crippen LogP contribution in [0.15, 0.2) is 12.7 Å². The van der Waals surface area contributed by atoms with Crippen LogP contribution in [0.2, 0.25) is 0 Å². The largest absolute Gasteiger partial charge is 0.465 e. The van der Waals surface area contributed by atoms with Crippen molar-refractivity contribution in [2.45, 2.75) is 32.2 Å². The minimum Gasteiger partial charge on any atom is -0.465 e. The van der Waals surface area contributed by atoms with Crippen molar-refractivity contribution in [1.82, 2.24) is 4.90 Å². The Morgan fingerprint density at radius 2 is 2.20 bits per heavy atom. The lowest BCUT2D eigenvalue weighted by Gasteiger charge is -2.20. The summed E-state index contributed by atoms with van der Waals surface area (Å²) in [6, 6.07) is 0.238. The summed E-state index contributed by atoms with van der Waals surface area (Å²) in [5.41, 5.74) is 0. The fraction of sp³-hybridized carbons (Fsp3) is 0.636. The first-order valence-electron chi connectivity index (χ1n) is 5.25. The predicted octanol–water partition coefficient (Wildman–Crippen LogP) is 1.12. The topological polar surface area (TPSA) is 46.6 Å². The molecular formula is C11H17NO3. The predicted molar refractivity (Wildman–Crippen MR) is 56.2 cm³/mol. The lowest BCUT2D eigenvalue weighted by Crippen LogP contribution is -2.37. The number of rotatable bonds is 6. The molecule has 1 rings (SSSR count). The van der Waals surface area contributed by atoms with E-state index in [0.717, 1.165) is 12.8 Å². The van der Waals surface area contributed by atoms with Gasteiger partial charge < -0.3 is 9.64 Å². The van der Waals surface area contributed by atoms with Crippen LogP contribution in [0.25, 0.3) is 0 Å². The first-order chi connectivity index (χ1) is 7.19. The Bertz CT molecular complexity index is 259. The van der Waals surface area contributed by atoms with Crippen molar-refractivity contribution >= 4 is 11.9 Å². The number of hydrogen-bond acceptors (Lipinski definition) is 3. The first-order valence-corrected chi connectivity index (χ1v) is 5.25. The maximum absolute atomic E-state index is 11.6. The summed E-state index contributed by atoms with van der Waals surface area (Å²) in [4.78, 5) is 24.5. The van der Waals surface area contributed by atoms with Crippen LogP contribution >= 0.6 is 0 Å². The fourth-order valence-electron chi connectivity index (χ4n) is 1.39. The monoisotopic (exact) mass is 211 g/mol. The van der Waals surface area contributed by atoms with Crippen molar-refractivity contribution < 1.29 is 14.3 Å². The van der Waals surface area contributed by atoms with Crippen LogP contribution in [0.3, 0.4) is 0 Å². The van der Waals surface area contributed by atoms with Crippen LogP contribution in [0, 0.1) is 0 Å². The lowest BCUT2D eigenvalue weighted by atomic mass is 10.3. The normalized spacial score (nSPS) is 14.5. The molecule has 0 atom stereocenters. The second-order valence-corrected chi connectivity index (χ2v) is 3.55. The van der Waals surface area contributed by atoms with Gasteiger partial charge in [0.1, 0.15) is 6.54 Å². The van der Waals surface area contributed by atoms with E-state index in [1.54, 1.807) is 17.9 Å². The molecule has 0 heterocycles. The molecule has 0 aromatic rings. The lowest BCUT2D eigenvalue weighted by molar-refractivity contribution is -0.149. The molecule has 1 amide bonds. The summed E-state index contributed by atoms with van der Waals surface area (Å²) in [5, 5.41) is 0. The number of ether oxygens (including phenoxy) is 1. The van der Waals surface area contributed by atoms with Crippen molar-refractivity contribution in [2.75, 3.05) is 13.2 Å². The van der Waals surface area contributed by atoms with E-state index < -0.39 is 0 Å². The van der Waals surface area contributed by atoms with Gasteiger partial charge in [0, 0.05) is 12.5 Å². The van der Waals surface area contributed by atoms with Crippen LogP contribution in [0.1, 0.15) is 26.2 Å². The van der Waals surface area contributed by atoms with Gasteiger partial charge in [0.2, 0.25) is 5.91 Å². The van der Waals surface area contributed by atoms with E-state index in [9.17, 15) is 9.59 Å². The molecule has 0 saturated heterocycles. The molecule has 0 radical (unpaired) electrons. The number of carbonyl (C=O) groups is 2. The summed E-state index contributed by atoms with van der Waals surface area (Å²) >= 11 is 0. The number of amides is 1. The number of nitrogens with zero attached hydrogens (tertiary/aromatic N) is 1. The highest BCUT2D eigenvalue weighted by Crippen LogP contribution is 2.27. The molecule has 0 aromatic heterocycles. The van der Waals surface area contributed by atoms with Crippen LogP contribution < -0.4 is 0 Å². The number of carbonyl (C=O) groups excluding carboxylic acids is 2. The molecule has 84 valence electrons. The number of hydrogen-bond donors (Lipinski definition) is 0. The van der Waals surface area contributed by atoms with Crippen LogP contribution in [-0.2, 0) is 14.3 Å². The second kappa shape index (κ2) is 5.53. The van der Waals surface area contributed by atoms with Crippen LogP contribution in [-0.4, -0.2) is 36.0 Å². The van der Waals surface area contributed by atoms with E-state index >= 15 is 0 Å². The molecule has 0 bridgehead atoms. The van der Waals surface area contributed by atoms with Crippen LogP contribution in [0.4, 0.5) is 0 Å². The van der Waals surface area contributed by atoms with E-state index in [2.05, 4.69) is 6.58 Å². The summed E-state index contributed by atoms with van der Waals surface area (Å²) in [6.07, 6.45) is 3.82. The molecule has 1 saturated carbocycles. The molecule has 4 nitrogen and oxygen atoms in total. The molecular weight excluding hydrogens is 194 g/mol. The molecule has 4 heteroatoms. The Morgan fingerprint density at radius 3 is 2.67 bits per heavy atom. The van der Waals surface area contributed by atoms with Crippen LogP contribution in [0.5, 0.6) is 0 Å². The van der Waals surface area contributed by atoms with Crippen molar-refractivity contribution in [3.8, 4) is 0 Å². The van der Waals surface area contributed by atoms with Gasteiger partial charge in [0.25, 0.3) is 0 Å². The highest BCUT2D eigenvalue weighted by molar-refractivity contribution is 5.83.